The molecule has 0 aliphatic carbocycles. The number of aryl methyl sites for hydroxylation is 1. The van der Waals surface area contributed by atoms with Crippen molar-refractivity contribution in [2.75, 3.05) is 19.7 Å². The molecule has 0 saturated heterocycles. The lowest BCUT2D eigenvalue weighted by molar-refractivity contribution is 0.0531. The zero-order chi connectivity index (χ0) is 18.9. The molecule has 0 aliphatic heterocycles. The first kappa shape index (κ1) is 23.3. The number of nitrogens with zero attached hydrogens (tertiary/aromatic N) is 4. The number of hydrogen-bond acceptors (Lipinski definition) is 6. The van der Waals surface area contributed by atoms with Crippen LogP contribution in [0.2, 0.25) is 0 Å². The van der Waals surface area contributed by atoms with Crippen LogP contribution in [-0.2, 0) is 11.3 Å². The summed E-state index contributed by atoms with van der Waals surface area (Å²) in [6.45, 7) is 10.1. The highest BCUT2D eigenvalue weighted by Crippen LogP contribution is 2.24. The van der Waals surface area contributed by atoms with Crippen LogP contribution in [0.15, 0.2) is 23.7 Å². The van der Waals surface area contributed by atoms with E-state index >= 15 is 0 Å². The Hall–Kier alpha value is -1.69. The molecule has 2 N–H and O–H groups in total. The summed E-state index contributed by atoms with van der Waals surface area (Å²) in [5, 5.41) is 7.39. The lowest BCUT2D eigenvalue weighted by atomic mass is 10.3. The van der Waals surface area contributed by atoms with Crippen LogP contribution in [0.25, 0.3) is 0 Å². The third kappa shape index (κ3) is 7.09. The normalized spacial score (nSPS) is 12.2. The van der Waals surface area contributed by atoms with Crippen LogP contribution in [0, 0.1) is 6.92 Å². The maximum Gasteiger partial charge on any atom is 0.350 e. The van der Waals surface area contributed by atoms with E-state index in [0.29, 0.717) is 29.7 Å². The van der Waals surface area contributed by atoms with Crippen LogP contribution in [0.5, 0.6) is 0 Å². The van der Waals surface area contributed by atoms with Gasteiger partial charge in [0.1, 0.15) is 9.88 Å². The number of aliphatic imine (C=N–C) groups is 1. The average Bonchev–Trinajstić information content (AvgIpc) is 3.25. The van der Waals surface area contributed by atoms with Crippen molar-refractivity contribution in [2.24, 2.45) is 4.99 Å². The standard InChI is InChI=1S/C17H26N6O2S.HI/c1-5-19-17(20-8-10-23-9-7-18-11-23)22-13(4)15-21-12(3)14(26-15)16(24)25-6-2;/h7,9,11,13H,5-6,8,10H2,1-4H3,(H2,19,20,22);1H. The Morgan fingerprint density at radius 2 is 2.22 bits per heavy atom. The zero-order valence-corrected chi connectivity index (χ0v) is 19.2. The molecular weight excluding hydrogens is 479 g/mol. The molecule has 27 heavy (non-hydrogen) atoms. The van der Waals surface area contributed by atoms with Crippen LogP contribution >= 0.6 is 35.3 Å². The van der Waals surface area contributed by atoms with Gasteiger partial charge in [-0.1, -0.05) is 0 Å². The molecule has 0 aliphatic rings. The number of ether oxygens (including phenoxy) is 1. The lowest BCUT2D eigenvalue weighted by Crippen LogP contribution is -2.39. The predicted molar refractivity (Wildman–Crippen MR) is 118 cm³/mol. The first-order valence-corrected chi connectivity index (χ1v) is 9.51. The van der Waals surface area contributed by atoms with E-state index in [1.165, 1.54) is 11.3 Å². The maximum absolute atomic E-state index is 12.0. The van der Waals surface area contributed by atoms with E-state index in [1.54, 1.807) is 19.4 Å². The van der Waals surface area contributed by atoms with Crippen molar-refractivity contribution in [1.29, 1.82) is 0 Å². The summed E-state index contributed by atoms with van der Waals surface area (Å²) in [6.07, 6.45) is 5.43. The van der Waals surface area contributed by atoms with Gasteiger partial charge in [-0.3, -0.25) is 4.99 Å². The fourth-order valence-electron chi connectivity index (χ4n) is 2.27. The molecule has 2 aromatic rings. The van der Waals surface area contributed by atoms with Crippen molar-refractivity contribution in [2.45, 2.75) is 40.3 Å². The molecule has 2 heterocycles. The number of hydrogen-bond donors (Lipinski definition) is 2. The smallest absolute Gasteiger partial charge is 0.350 e. The summed E-state index contributed by atoms with van der Waals surface area (Å²) in [6, 6.07) is -0.0760. The van der Waals surface area contributed by atoms with Crippen molar-refractivity contribution in [3.05, 3.63) is 34.3 Å². The second-order valence-electron chi connectivity index (χ2n) is 5.61. The zero-order valence-electron chi connectivity index (χ0n) is 16.1. The minimum atomic E-state index is -0.318. The van der Waals surface area contributed by atoms with E-state index in [0.717, 1.165) is 18.1 Å². The van der Waals surface area contributed by atoms with Gasteiger partial charge in [-0.15, -0.1) is 35.3 Å². The SMILES string of the molecule is CCNC(=NCCn1ccnc1)NC(C)c1nc(C)c(C(=O)OCC)s1.I. The Morgan fingerprint density at radius 1 is 1.44 bits per heavy atom. The Kier molecular flexibility index (Phi) is 10.3. The molecule has 2 rings (SSSR count). The van der Waals surface area contributed by atoms with Crippen molar-refractivity contribution in [3.63, 3.8) is 0 Å². The fourth-order valence-corrected chi connectivity index (χ4v) is 3.23. The van der Waals surface area contributed by atoms with Gasteiger partial charge < -0.3 is 19.9 Å². The van der Waals surface area contributed by atoms with Gasteiger partial charge in [0, 0.05) is 25.5 Å². The summed E-state index contributed by atoms with van der Waals surface area (Å²) >= 11 is 1.35. The molecule has 0 amide bonds. The van der Waals surface area contributed by atoms with Gasteiger partial charge in [0.2, 0.25) is 0 Å². The quantitative estimate of drug-likeness (QED) is 0.248. The van der Waals surface area contributed by atoms with Crippen molar-refractivity contribution in [3.8, 4) is 0 Å². The van der Waals surface area contributed by atoms with Crippen molar-refractivity contribution in [1.82, 2.24) is 25.2 Å². The largest absolute Gasteiger partial charge is 0.462 e. The van der Waals surface area contributed by atoms with Crippen molar-refractivity contribution >= 4 is 47.2 Å². The fraction of sp³-hybridized carbons (Fsp3) is 0.529. The van der Waals surface area contributed by atoms with Gasteiger partial charge in [-0.2, -0.15) is 0 Å². The number of guanidine groups is 1. The van der Waals surface area contributed by atoms with E-state index in [9.17, 15) is 4.79 Å². The van der Waals surface area contributed by atoms with Crippen LogP contribution in [0.1, 0.15) is 47.2 Å². The number of halogens is 1. The first-order valence-electron chi connectivity index (χ1n) is 8.70. The van der Waals surface area contributed by atoms with Crippen LogP contribution in [0.3, 0.4) is 0 Å². The summed E-state index contributed by atoms with van der Waals surface area (Å²) < 4.78 is 7.06. The third-order valence-corrected chi connectivity index (χ3v) is 4.85. The molecule has 0 fully saturated rings. The average molecular weight is 506 g/mol. The number of thiazole rings is 1. The van der Waals surface area contributed by atoms with Crippen LogP contribution in [0.4, 0.5) is 0 Å². The second kappa shape index (κ2) is 11.9. The monoisotopic (exact) mass is 506 g/mol. The predicted octanol–water partition coefficient (Wildman–Crippen LogP) is 2.76. The summed E-state index contributed by atoms with van der Waals surface area (Å²) in [5.41, 5.74) is 0.694. The molecule has 150 valence electrons. The number of imidazole rings is 1. The van der Waals surface area contributed by atoms with E-state index < -0.39 is 0 Å². The highest BCUT2D eigenvalue weighted by molar-refractivity contribution is 14.0. The van der Waals surface area contributed by atoms with Gasteiger partial charge in [0.25, 0.3) is 0 Å². The lowest BCUT2D eigenvalue weighted by Gasteiger charge is -2.16. The molecule has 0 saturated carbocycles. The number of rotatable bonds is 8. The van der Waals surface area contributed by atoms with E-state index in [4.69, 9.17) is 4.74 Å². The molecular formula is C17H27IN6O2S. The van der Waals surface area contributed by atoms with Gasteiger partial charge >= 0.3 is 5.97 Å². The first-order chi connectivity index (χ1) is 12.5. The van der Waals surface area contributed by atoms with Crippen molar-refractivity contribution < 1.29 is 9.53 Å². The summed E-state index contributed by atoms with van der Waals surface area (Å²) in [7, 11) is 0. The Balaban J connectivity index is 0.00000364. The number of carbonyl (C=O) groups excluding carboxylic acids is 1. The molecule has 2 aromatic heterocycles. The molecule has 0 radical (unpaired) electrons. The molecule has 1 unspecified atom stereocenters. The number of esters is 1. The van der Waals surface area contributed by atoms with E-state index in [1.807, 2.05) is 31.5 Å². The topological polar surface area (TPSA) is 93.4 Å². The Labute approximate surface area is 180 Å². The third-order valence-electron chi connectivity index (χ3n) is 3.53. The highest BCUT2D eigenvalue weighted by Gasteiger charge is 2.20. The van der Waals surface area contributed by atoms with Crippen LogP contribution < -0.4 is 10.6 Å². The molecule has 0 aromatic carbocycles. The Bertz CT molecular complexity index is 732. The molecule has 0 spiro atoms. The van der Waals surface area contributed by atoms with E-state index in [-0.39, 0.29) is 36.0 Å². The summed E-state index contributed by atoms with van der Waals surface area (Å²) in [5.74, 6) is 0.396. The minimum absolute atomic E-state index is 0. The van der Waals surface area contributed by atoms with Gasteiger partial charge in [-0.05, 0) is 27.7 Å². The number of nitrogens with one attached hydrogen (secondary N) is 2. The van der Waals surface area contributed by atoms with Crippen LogP contribution in [-0.4, -0.2) is 46.2 Å². The molecule has 10 heteroatoms. The maximum atomic E-state index is 12.0. The molecule has 0 bridgehead atoms. The van der Waals surface area contributed by atoms with Gasteiger partial charge in [0.15, 0.2) is 5.96 Å². The van der Waals surface area contributed by atoms with Gasteiger partial charge in [0.05, 0.1) is 31.2 Å². The molecule has 8 nitrogen and oxygen atoms in total. The number of carbonyl (C=O) groups is 1. The Morgan fingerprint density at radius 3 is 2.85 bits per heavy atom. The number of aromatic nitrogens is 3. The highest BCUT2D eigenvalue weighted by atomic mass is 127. The minimum Gasteiger partial charge on any atom is -0.462 e. The molecule has 1 atom stereocenters. The summed E-state index contributed by atoms with van der Waals surface area (Å²) in [4.78, 5) is 25.6. The van der Waals surface area contributed by atoms with E-state index in [2.05, 4.69) is 25.6 Å². The second-order valence-corrected chi connectivity index (χ2v) is 6.64. The van der Waals surface area contributed by atoms with Gasteiger partial charge in [-0.25, -0.2) is 14.8 Å².